The van der Waals surface area contributed by atoms with Crippen LogP contribution in [-0.2, 0) is 4.79 Å². The van der Waals surface area contributed by atoms with Crippen LogP contribution in [-0.4, -0.2) is 33.8 Å². The number of halogens is 1. The maximum atomic E-state index is 15.0. The van der Waals surface area contributed by atoms with Gasteiger partial charge in [0.2, 0.25) is 17.6 Å². The fourth-order valence-corrected chi connectivity index (χ4v) is 3.44. The van der Waals surface area contributed by atoms with Crippen molar-refractivity contribution in [2.45, 2.75) is 45.1 Å². The van der Waals surface area contributed by atoms with Crippen molar-refractivity contribution in [3.8, 4) is 11.4 Å². The lowest BCUT2D eigenvalue weighted by molar-refractivity contribution is -0.117. The number of benzene rings is 1. The number of amides is 1. The van der Waals surface area contributed by atoms with Gasteiger partial charge < -0.3 is 19.3 Å². The maximum absolute atomic E-state index is 15.0. The van der Waals surface area contributed by atoms with Crippen molar-refractivity contribution in [3.05, 3.63) is 42.2 Å². The smallest absolute Gasteiger partial charge is 0.248 e. The molecule has 1 aromatic carbocycles. The quantitative estimate of drug-likeness (QED) is 0.693. The molecule has 3 heterocycles. The molecular weight excluding hydrogens is 377 g/mol. The van der Waals surface area contributed by atoms with Gasteiger partial charge in [-0.05, 0) is 37.5 Å². The molecule has 1 atom stereocenters. The molecule has 1 aliphatic rings. The van der Waals surface area contributed by atoms with E-state index in [-0.39, 0.29) is 11.8 Å². The first kappa shape index (κ1) is 19.1. The second kappa shape index (κ2) is 8.02. The first-order valence-electron chi connectivity index (χ1n) is 9.64. The van der Waals surface area contributed by atoms with Crippen LogP contribution < -0.4 is 10.2 Å². The zero-order valence-electron chi connectivity index (χ0n) is 16.3. The average Bonchev–Trinajstić information content (AvgIpc) is 3.40. The Morgan fingerprint density at radius 3 is 2.83 bits per heavy atom. The Morgan fingerprint density at radius 2 is 2.14 bits per heavy atom. The third-order valence-electron chi connectivity index (χ3n) is 4.95. The van der Waals surface area contributed by atoms with E-state index in [1.54, 1.807) is 23.1 Å². The first-order chi connectivity index (χ1) is 14.0. The van der Waals surface area contributed by atoms with Gasteiger partial charge in [0.25, 0.3) is 0 Å². The summed E-state index contributed by atoms with van der Waals surface area (Å²) in [5.74, 6) is 0.622. The predicted octanol–water partition coefficient (Wildman–Crippen LogP) is 3.98. The normalized spacial score (nSPS) is 17.0. The van der Waals surface area contributed by atoms with Crippen LogP contribution in [0.5, 0.6) is 0 Å². The minimum atomic E-state index is -0.487. The average molecular weight is 399 g/mol. The van der Waals surface area contributed by atoms with Gasteiger partial charge in [-0.15, -0.1) is 0 Å². The van der Waals surface area contributed by atoms with Crippen molar-refractivity contribution in [1.82, 2.24) is 15.3 Å². The van der Waals surface area contributed by atoms with E-state index in [1.807, 2.05) is 13.8 Å². The molecular formula is C20H22FN5O3. The zero-order chi connectivity index (χ0) is 20.4. The van der Waals surface area contributed by atoms with E-state index in [4.69, 9.17) is 9.05 Å². The topological polar surface area (TPSA) is 97.3 Å². The summed E-state index contributed by atoms with van der Waals surface area (Å²) in [7, 11) is 0. The van der Waals surface area contributed by atoms with Crippen LogP contribution in [0, 0.1) is 5.82 Å². The van der Waals surface area contributed by atoms with Gasteiger partial charge in [-0.1, -0.05) is 24.2 Å². The van der Waals surface area contributed by atoms with E-state index in [1.165, 1.54) is 12.3 Å². The minimum absolute atomic E-state index is 0.0951. The lowest BCUT2D eigenvalue weighted by Crippen LogP contribution is -2.47. The molecule has 1 amide bonds. The fourth-order valence-electron chi connectivity index (χ4n) is 3.44. The predicted molar refractivity (Wildman–Crippen MR) is 104 cm³/mol. The molecule has 0 bridgehead atoms. The Hall–Kier alpha value is -3.23. The van der Waals surface area contributed by atoms with Crippen LogP contribution >= 0.6 is 0 Å². The van der Waals surface area contributed by atoms with Crippen LogP contribution in [0.1, 0.15) is 44.9 Å². The summed E-state index contributed by atoms with van der Waals surface area (Å²) in [5.41, 5.74) is 0.906. The molecule has 1 fully saturated rings. The van der Waals surface area contributed by atoms with Crippen LogP contribution in [0.2, 0.25) is 0 Å². The Morgan fingerprint density at radius 1 is 1.28 bits per heavy atom. The van der Waals surface area contributed by atoms with Crippen molar-refractivity contribution in [2.24, 2.45) is 0 Å². The summed E-state index contributed by atoms with van der Waals surface area (Å²) in [6, 6.07) is 5.87. The molecule has 2 aromatic heterocycles. The number of carbonyl (C=O) groups is 1. The number of hydrogen-bond acceptors (Lipinski definition) is 7. The van der Waals surface area contributed by atoms with E-state index < -0.39 is 11.9 Å². The number of carbonyl (C=O) groups excluding carboxylic acids is 1. The van der Waals surface area contributed by atoms with Crippen LogP contribution in [0.15, 0.2) is 39.6 Å². The summed E-state index contributed by atoms with van der Waals surface area (Å²) in [5, 5.41) is 10.4. The summed E-state index contributed by atoms with van der Waals surface area (Å²) in [4.78, 5) is 18.8. The largest absolute Gasteiger partial charge is 0.363 e. The molecule has 8 nitrogen and oxygen atoms in total. The van der Waals surface area contributed by atoms with Crippen molar-refractivity contribution in [1.29, 1.82) is 0 Å². The molecule has 9 heteroatoms. The molecule has 1 N–H and O–H groups in total. The molecule has 152 valence electrons. The molecule has 0 spiro atoms. The number of nitrogens with one attached hydrogen (secondary N) is 1. The standard InChI is InChI=1S/C20H22FN5O3/c1-12(2)20-23-18(25-29-20)13-6-7-15(14(21)11-13)26-9-4-3-5-16(26)19(27)22-17-8-10-28-24-17/h6-8,10-12,16H,3-5,9H2,1-2H3,(H,22,24,27). The van der Waals surface area contributed by atoms with E-state index in [9.17, 15) is 4.79 Å². The zero-order valence-corrected chi connectivity index (χ0v) is 16.3. The molecule has 4 rings (SSSR count). The summed E-state index contributed by atoms with van der Waals surface area (Å²) < 4.78 is 25.0. The molecule has 3 aromatic rings. The molecule has 1 aliphatic heterocycles. The van der Waals surface area contributed by atoms with E-state index in [2.05, 4.69) is 20.6 Å². The van der Waals surface area contributed by atoms with Crippen LogP contribution in [0.4, 0.5) is 15.9 Å². The number of hydrogen-bond donors (Lipinski definition) is 1. The first-order valence-corrected chi connectivity index (χ1v) is 9.64. The summed E-state index contributed by atoms with van der Waals surface area (Å²) in [6.45, 7) is 4.48. The number of piperidine rings is 1. The highest BCUT2D eigenvalue weighted by Gasteiger charge is 2.31. The number of anilines is 2. The molecule has 0 radical (unpaired) electrons. The highest BCUT2D eigenvalue weighted by atomic mass is 19.1. The Bertz CT molecular complexity index is 986. The second-order valence-corrected chi connectivity index (χ2v) is 7.36. The van der Waals surface area contributed by atoms with Crippen molar-refractivity contribution in [3.63, 3.8) is 0 Å². The van der Waals surface area contributed by atoms with Gasteiger partial charge in [0.05, 0.1) is 5.69 Å². The molecule has 0 aliphatic carbocycles. The van der Waals surface area contributed by atoms with Gasteiger partial charge in [-0.2, -0.15) is 4.98 Å². The third-order valence-corrected chi connectivity index (χ3v) is 4.95. The van der Waals surface area contributed by atoms with Crippen molar-refractivity contribution < 1.29 is 18.2 Å². The minimum Gasteiger partial charge on any atom is -0.363 e. The maximum Gasteiger partial charge on any atom is 0.248 e. The molecule has 29 heavy (non-hydrogen) atoms. The van der Waals surface area contributed by atoms with Gasteiger partial charge in [0, 0.05) is 24.1 Å². The summed E-state index contributed by atoms with van der Waals surface area (Å²) >= 11 is 0. The lowest BCUT2D eigenvalue weighted by atomic mass is 9.99. The van der Waals surface area contributed by atoms with E-state index in [0.29, 0.717) is 41.7 Å². The Balaban J connectivity index is 1.57. The van der Waals surface area contributed by atoms with Gasteiger partial charge >= 0.3 is 0 Å². The summed E-state index contributed by atoms with van der Waals surface area (Å²) in [6.07, 6.45) is 3.80. The van der Waals surface area contributed by atoms with Gasteiger partial charge in [-0.25, -0.2) is 4.39 Å². The van der Waals surface area contributed by atoms with Crippen LogP contribution in [0.25, 0.3) is 11.4 Å². The molecule has 1 saturated heterocycles. The fraction of sp³-hybridized carbons (Fsp3) is 0.400. The number of aromatic nitrogens is 3. The molecule has 1 unspecified atom stereocenters. The van der Waals surface area contributed by atoms with E-state index in [0.717, 1.165) is 12.8 Å². The van der Waals surface area contributed by atoms with Gasteiger partial charge in [0.15, 0.2) is 5.82 Å². The van der Waals surface area contributed by atoms with Gasteiger partial charge in [-0.3, -0.25) is 4.79 Å². The SMILES string of the molecule is CC(C)c1nc(-c2ccc(N3CCCCC3C(=O)Nc3ccon3)c(F)c2)no1. The lowest BCUT2D eigenvalue weighted by Gasteiger charge is -2.36. The monoisotopic (exact) mass is 399 g/mol. The molecule has 0 saturated carbocycles. The number of nitrogens with zero attached hydrogens (tertiary/aromatic N) is 4. The number of rotatable bonds is 5. The highest BCUT2D eigenvalue weighted by molar-refractivity contribution is 5.96. The van der Waals surface area contributed by atoms with Crippen molar-refractivity contribution in [2.75, 3.05) is 16.8 Å². The Labute approximate surface area is 167 Å². The second-order valence-electron chi connectivity index (χ2n) is 7.36. The van der Waals surface area contributed by atoms with Crippen LogP contribution in [0.3, 0.4) is 0 Å². The third kappa shape index (κ3) is 3.98. The Kier molecular flexibility index (Phi) is 5.28. The van der Waals surface area contributed by atoms with Gasteiger partial charge in [0.1, 0.15) is 18.1 Å². The van der Waals surface area contributed by atoms with Crippen molar-refractivity contribution >= 4 is 17.4 Å². The highest BCUT2D eigenvalue weighted by Crippen LogP contribution is 2.31. The van der Waals surface area contributed by atoms with E-state index >= 15 is 4.39 Å².